The molecular weight excluding hydrogens is 1620 g/mol. The fourth-order valence-corrected chi connectivity index (χ4v) is 14.2. The first-order valence-electron chi connectivity index (χ1n) is 29.8. The van der Waals surface area contributed by atoms with Crippen molar-refractivity contribution in [3.8, 4) is 0 Å². The Kier molecular flexibility index (Phi) is 29.4. The third-order valence-corrected chi connectivity index (χ3v) is 19.9. The molecule has 0 aromatic rings. The van der Waals surface area contributed by atoms with Crippen molar-refractivity contribution >= 4 is 72.5 Å². The Morgan fingerprint density at radius 3 is 0.629 bits per heavy atom. The van der Waals surface area contributed by atoms with E-state index >= 15 is 0 Å². The molecule has 1 aliphatic carbocycles. The van der Waals surface area contributed by atoms with Gasteiger partial charge in [-0.15, -0.1) is 0 Å². The van der Waals surface area contributed by atoms with E-state index in [-0.39, 0.29) is 0 Å². The summed E-state index contributed by atoms with van der Waals surface area (Å²) in [5.74, 6) is -1.96. The maximum Gasteiger partial charge on any atom is 0.397 e. The van der Waals surface area contributed by atoms with Crippen LogP contribution in [0.1, 0.15) is 6.42 Å². The average Bonchev–Trinajstić information content (AvgIpc) is 0.789. The highest BCUT2D eigenvalue weighted by Crippen LogP contribution is 2.41. The number of hydrogen-bond acceptors (Lipinski definition) is 48. The average molecular weight is 1690 g/mol. The lowest BCUT2D eigenvalue weighted by molar-refractivity contribution is -0.395. The molecule has 54 nitrogen and oxygen atoms in total. The zero-order valence-corrected chi connectivity index (χ0v) is 58.3. The van der Waals surface area contributed by atoms with Gasteiger partial charge in [-0.3, -0.25) is 31.5 Å². The van der Waals surface area contributed by atoms with Crippen LogP contribution < -0.4 is 0 Å². The number of aliphatic hydroxyl groups excluding tert-OH is 14. The highest BCUT2D eigenvalue weighted by atomic mass is 32.3. The van der Waals surface area contributed by atoms with Gasteiger partial charge in [-0.25, -0.2) is 25.1 Å². The van der Waals surface area contributed by atoms with Gasteiger partial charge in [0.05, 0.1) is 64.7 Å². The first-order chi connectivity index (χ1) is 48.2. The maximum atomic E-state index is 12.4. The lowest BCUT2D eigenvalue weighted by Crippen LogP contribution is -2.68. The van der Waals surface area contributed by atoms with Crippen molar-refractivity contribution in [1.82, 2.24) is 0 Å². The summed E-state index contributed by atoms with van der Waals surface area (Å²) in [7, 11) is -38.4. The quantitative estimate of drug-likeness (QED) is 0.0375. The van der Waals surface area contributed by atoms with E-state index in [2.05, 4.69) is 25.1 Å². The number of aliphatic hydroxyl groups is 14. The summed E-state index contributed by atoms with van der Waals surface area (Å²) in [5.41, 5.74) is 0. The third kappa shape index (κ3) is 23.6. The van der Waals surface area contributed by atoms with E-state index in [0.29, 0.717) is 6.26 Å². The van der Waals surface area contributed by atoms with Crippen LogP contribution in [0.5, 0.6) is 0 Å². The van der Waals surface area contributed by atoms with E-state index in [1.54, 1.807) is 0 Å². The van der Waals surface area contributed by atoms with Gasteiger partial charge in [-0.1, -0.05) is 0 Å². The fraction of sp³-hybridized carbons (Fsp3) is 1.00. The summed E-state index contributed by atoms with van der Waals surface area (Å²) in [6, 6.07) is 0. The molecule has 0 radical (unpaired) electrons. The molecule has 1 saturated carbocycles. The predicted octanol–water partition coefficient (Wildman–Crippen LogP) is -15.6. The molecule has 20 N–H and O–H groups in total. The number of hydrogen-bond donors (Lipinski definition) is 20. The van der Waals surface area contributed by atoms with Crippen LogP contribution in [0.15, 0.2) is 0 Å². The second kappa shape index (κ2) is 34.8. The fourth-order valence-electron chi connectivity index (χ4n) is 11.9. The molecule has 0 aromatic carbocycles. The normalized spacial score (nSPS) is 44.9. The van der Waals surface area contributed by atoms with E-state index in [0.717, 1.165) is 0 Å². The van der Waals surface area contributed by atoms with Crippen LogP contribution >= 0.6 is 0 Å². The Morgan fingerprint density at radius 1 is 0.238 bits per heavy atom. The largest absolute Gasteiger partial charge is 0.397 e. The molecule has 20 saturated heterocycles. The summed E-state index contributed by atoms with van der Waals surface area (Å²) in [5, 5.41) is 163. The molecule has 21 rings (SSSR count). The van der Waals surface area contributed by atoms with E-state index in [1.165, 1.54) is 0 Å². The zero-order chi connectivity index (χ0) is 78.5. The van der Waals surface area contributed by atoms with Gasteiger partial charge in [0.2, 0.25) is 0 Å². The molecule has 0 aromatic heterocycles. The first kappa shape index (κ1) is 88.6. The Balaban J connectivity index is 1.23. The monoisotopic (exact) mass is 1690 g/mol. The summed E-state index contributed by atoms with van der Waals surface area (Å²) < 4.78 is 331. The minimum atomic E-state index is -5.65. The Bertz CT molecular complexity index is 3040. The van der Waals surface area contributed by atoms with Gasteiger partial charge in [-0.05, 0) is 6.42 Å². The molecule has 0 amide bonds. The second-order valence-corrected chi connectivity index (χ2v) is 32.3. The van der Waals surface area contributed by atoms with Gasteiger partial charge in [0.1, 0.15) is 159 Å². The van der Waals surface area contributed by atoms with Gasteiger partial charge < -0.3 is 133 Å². The SMILES string of the molecule is CS(=O)(=O)OC[C@H]1O[C@@H]2O[C@H]3[C@H](O)[C@@H](O)[C@@H](O[C@H]4[C@H](O)[C@@H](O)[C@@H](O[C@@H]5[C@@H](COS(=O)(=O)O)C[C@H](O[C@H]6[C@H](O)[C@@H](O)[C@@H](O[C@H]7[C@H](O)[C@@H](O)[C@@H](O[C@H]8[C@H](O)[C@@H](O)[C@@H](O[C@H]1[C@H](O)[C@H]2O)O[C@@H]8COS(=O)(=O)O)O[C@@H]7COS(=O)(=O)O)O[C@@H]6COS(=O)(=O)O)[C@H](O)[C@H]5O)O[C@@H]4COS(=O)(=O)O)O[C@@H]3COS(=O)(=O)O. The summed E-state index contributed by atoms with van der Waals surface area (Å²) >= 11 is 0. The van der Waals surface area contributed by atoms with Crippen LogP contribution in [0.2, 0.25) is 0 Å². The lowest BCUT2D eigenvalue weighted by Gasteiger charge is -2.50. The molecule has 20 heterocycles. The summed E-state index contributed by atoms with van der Waals surface area (Å²) in [4.78, 5) is 0. The molecule has 105 heavy (non-hydrogen) atoms. The molecule has 14 bridgehead atoms. The highest BCUT2D eigenvalue weighted by Gasteiger charge is 2.60. The molecule has 21 fully saturated rings. The Hall–Kier alpha value is -1.95. The number of ether oxygens (including phenoxy) is 13. The number of rotatable bonds is 21. The predicted molar refractivity (Wildman–Crippen MR) is 308 cm³/mol. The van der Waals surface area contributed by atoms with Crippen LogP contribution in [-0.2, 0) is 163 Å². The topological polar surface area (TPSA) is 828 Å². The van der Waals surface area contributed by atoms with E-state index in [9.17, 15) is 158 Å². The van der Waals surface area contributed by atoms with Crippen molar-refractivity contribution in [2.75, 3.05) is 52.5 Å². The smallest absolute Gasteiger partial charge is 0.388 e. The van der Waals surface area contributed by atoms with Crippen LogP contribution in [0.3, 0.4) is 0 Å². The minimum Gasteiger partial charge on any atom is -0.388 e. The van der Waals surface area contributed by atoms with Crippen LogP contribution in [-0.4, -0.2) is 419 Å². The van der Waals surface area contributed by atoms with Crippen molar-refractivity contribution in [2.45, 2.75) is 215 Å². The molecule has 20 aliphatic heterocycles. The van der Waals surface area contributed by atoms with Crippen molar-refractivity contribution in [2.24, 2.45) is 5.92 Å². The zero-order valence-electron chi connectivity index (χ0n) is 52.5. The van der Waals surface area contributed by atoms with Crippen molar-refractivity contribution in [3.63, 3.8) is 0 Å². The van der Waals surface area contributed by atoms with Crippen molar-refractivity contribution in [3.05, 3.63) is 0 Å². The Labute approximate surface area is 592 Å². The standard InChI is InChI=1S/C44H74O54S7/c1-99(59,60)79-4-12-34-22(49)28(55)41(87-12)96-37-16(8-84-104(73,74)75)92-43(31(58)25(37)52)97-35-14(6-82-102(67,68)69)89-39(27(54)21(35)48)93-32-10(3-80-100(61,62)63)2-11(18(45)19(32)46)86-33-13(5-81-101(64,65)66)88-40(26(53)20(33)47)95-36-15(7-83-103(70,71)72)91-44(30(57)24(36)51)98-38-17(9-85-105(76,77)78)90-42(94-34)29(56)23(38)50/h10-58H,2-9H2,1H3,(H,61,62,63)(H,64,65,66)(H,67,68,69)(H,70,71,72)(H,73,74,75)(H,76,77,78)/t10-,11+,12-,13-,14-,15-,16-,17-,18+,19-,20-,21-,22-,23-,24-,25-,26-,27-,28-,29-,30-,31-,32-,33-,34-,35-,36-,37-,38-,39-,40-,41-,42-,43-,44-/m1/s1. The molecular formula is C44H74O54S7. The lowest BCUT2D eigenvalue weighted by atomic mass is 9.80. The molecule has 35 atom stereocenters. The van der Waals surface area contributed by atoms with Gasteiger partial charge in [0.25, 0.3) is 10.1 Å². The van der Waals surface area contributed by atoms with Gasteiger partial charge in [0.15, 0.2) is 37.7 Å². The van der Waals surface area contributed by atoms with Crippen LogP contribution in [0.25, 0.3) is 0 Å². The third-order valence-electron chi connectivity index (χ3n) is 16.8. The van der Waals surface area contributed by atoms with Gasteiger partial charge in [-0.2, -0.15) is 58.9 Å². The van der Waals surface area contributed by atoms with Crippen molar-refractivity contribution in [1.29, 1.82) is 0 Å². The van der Waals surface area contributed by atoms with E-state index < -0.39 is 340 Å². The Morgan fingerprint density at radius 2 is 0.419 bits per heavy atom. The maximum absolute atomic E-state index is 12.4. The molecule has 0 unspecified atom stereocenters. The first-order valence-corrected chi connectivity index (χ1v) is 39.8. The second-order valence-electron chi connectivity index (χ2n) is 24.1. The van der Waals surface area contributed by atoms with E-state index in [4.69, 9.17) is 65.8 Å². The summed E-state index contributed by atoms with van der Waals surface area (Å²) in [6.07, 6.45) is -88.1. The van der Waals surface area contributed by atoms with Gasteiger partial charge in [0, 0.05) is 5.92 Å². The molecule has 0 spiro atoms. The molecule has 61 heteroatoms. The molecule has 616 valence electrons. The van der Waals surface area contributed by atoms with Crippen molar-refractivity contribution < 1.29 is 249 Å². The van der Waals surface area contributed by atoms with Crippen LogP contribution in [0.4, 0.5) is 0 Å². The molecule has 21 aliphatic rings. The van der Waals surface area contributed by atoms with Gasteiger partial charge >= 0.3 is 62.4 Å². The van der Waals surface area contributed by atoms with Crippen LogP contribution in [0, 0.1) is 5.92 Å². The summed E-state index contributed by atoms with van der Waals surface area (Å²) in [6.45, 7) is -10.9. The minimum absolute atomic E-state index is 0.434. The highest BCUT2D eigenvalue weighted by molar-refractivity contribution is 7.86. The van der Waals surface area contributed by atoms with E-state index in [1.807, 2.05) is 0 Å².